The van der Waals surface area contributed by atoms with E-state index in [1.165, 1.54) is 385 Å². The number of hydrogen-bond acceptors (Lipinski definition) is 5. The van der Waals surface area contributed by atoms with E-state index in [9.17, 15) is 19.8 Å². The van der Waals surface area contributed by atoms with Gasteiger partial charge < -0.3 is 20.3 Å². The molecule has 0 spiro atoms. The zero-order valence-corrected chi connectivity index (χ0v) is 58.1. The molecule has 85 heavy (non-hydrogen) atoms. The van der Waals surface area contributed by atoms with Crippen LogP contribution in [-0.4, -0.2) is 47.4 Å². The van der Waals surface area contributed by atoms with Gasteiger partial charge in [-0.1, -0.05) is 405 Å². The largest absolute Gasteiger partial charge is 0.466 e. The Labute approximate surface area is 533 Å². The van der Waals surface area contributed by atoms with Crippen LogP contribution >= 0.6 is 0 Å². The zero-order valence-electron chi connectivity index (χ0n) is 58.1. The number of aliphatic hydroxyl groups is 2. The molecule has 3 N–H and O–H groups in total. The van der Waals surface area contributed by atoms with E-state index in [4.69, 9.17) is 4.74 Å². The molecule has 2 unspecified atom stereocenters. The Hall–Kier alpha value is -1.40. The van der Waals surface area contributed by atoms with Gasteiger partial charge in [0.25, 0.3) is 0 Å². The van der Waals surface area contributed by atoms with Gasteiger partial charge in [-0.2, -0.15) is 0 Å². The lowest BCUT2D eigenvalue weighted by Crippen LogP contribution is -2.45. The SMILES string of the molecule is CCCCCCCCCCCCCCCCCCCCCCCCCCC(O)C(CO)NC(=O)CCCCCCCCCCCCC/C=C\CCCCCCCCCCCCCCOC(=O)CCCCCCCCCCCCCCCCCCC. The van der Waals surface area contributed by atoms with Gasteiger partial charge in [0.15, 0.2) is 0 Å². The summed E-state index contributed by atoms with van der Waals surface area (Å²) in [6, 6.07) is -0.543. The number of esters is 1. The number of aliphatic hydroxyl groups excluding tert-OH is 2. The van der Waals surface area contributed by atoms with Crippen LogP contribution in [0, 0.1) is 0 Å². The molecule has 0 aliphatic heterocycles. The lowest BCUT2D eigenvalue weighted by atomic mass is 10.0. The predicted molar refractivity (Wildman–Crippen MR) is 375 cm³/mol. The molecule has 2 atom stereocenters. The van der Waals surface area contributed by atoms with Gasteiger partial charge in [0.05, 0.1) is 25.4 Å². The molecule has 1 amide bonds. The van der Waals surface area contributed by atoms with E-state index in [-0.39, 0.29) is 18.5 Å². The van der Waals surface area contributed by atoms with E-state index in [0.717, 1.165) is 38.5 Å². The lowest BCUT2D eigenvalue weighted by molar-refractivity contribution is -0.143. The van der Waals surface area contributed by atoms with Crippen LogP contribution in [0.3, 0.4) is 0 Å². The van der Waals surface area contributed by atoms with E-state index in [0.29, 0.717) is 25.9 Å². The Morgan fingerprint density at radius 2 is 0.553 bits per heavy atom. The van der Waals surface area contributed by atoms with Crippen molar-refractivity contribution in [2.24, 2.45) is 0 Å². The summed E-state index contributed by atoms with van der Waals surface area (Å²) in [7, 11) is 0. The summed E-state index contributed by atoms with van der Waals surface area (Å²) in [5, 5.41) is 23.5. The van der Waals surface area contributed by atoms with E-state index >= 15 is 0 Å². The second-order valence-corrected chi connectivity index (χ2v) is 27.4. The number of rotatable bonds is 75. The normalized spacial score (nSPS) is 12.5. The average molecular weight is 1200 g/mol. The van der Waals surface area contributed by atoms with Crippen LogP contribution in [0.2, 0.25) is 0 Å². The third kappa shape index (κ3) is 71.6. The van der Waals surface area contributed by atoms with Gasteiger partial charge in [-0.15, -0.1) is 0 Å². The quantitative estimate of drug-likeness (QED) is 0.0320. The highest BCUT2D eigenvalue weighted by molar-refractivity contribution is 5.76. The topological polar surface area (TPSA) is 95.9 Å². The van der Waals surface area contributed by atoms with Crippen LogP contribution in [-0.2, 0) is 14.3 Å². The fourth-order valence-corrected chi connectivity index (χ4v) is 12.8. The van der Waals surface area contributed by atoms with E-state index in [2.05, 4.69) is 31.3 Å². The summed E-state index contributed by atoms with van der Waals surface area (Å²) in [6.07, 6.45) is 94.4. The average Bonchev–Trinajstić information content (AvgIpc) is 3.51. The highest BCUT2D eigenvalue weighted by Crippen LogP contribution is 2.20. The third-order valence-electron chi connectivity index (χ3n) is 18.8. The number of ether oxygens (including phenoxy) is 1. The molecule has 0 aromatic heterocycles. The first-order valence-corrected chi connectivity index (χ1v) is 39.4. The first-order chi connectivity index (χ1) is 42.0. The molecule has 0 radical (unpaired) electrons. The summed E-state index contributed by atoms with van der Waals surface area (Å²) in [5.41, 5.74) is 0. The van der Waals surface area contributed by atoms with Gasteiger partial charge in [-0.25, -0.2) is 0 Å². The number of amides is 1. The molecule has 0 rings (SSSR count). The van der Waals surface area contributed by atoms with Crippen molar-refractivity contribution in [3.8, 4) is 0 Å². The number of unbranched alkanes of at least 4 members (excludes halogenated alkanes) is 62. The standard InChI is InChI=1S/C79H155NO5/c1-3-5-7-9-11-13-15-17-19-21-22-23-24-30-33-36-40-43-47-51-55-59-63-67-71-77(82)76(75-81)80-78(83)72-68-64-60-56-52-48-44-41-37-34-31-28-26-25-27-29-32-35-38-42-46-50-54-58-62-66-70-74-85-79(84)73-69-65-61-57-53-49-45-39-20-18-16-14-12-10-8-6-4-2/h25-26,76-77,81-82H,3-24,27-75H2,1-2H3,(H,80,83)/b26-25-. The number of nitrogens with one attached hydrogen (secondary N) is 1. The maximum Gasteiger partial charge on any atom is 0.305 e. The summed E-state index contributed by atoms with van der Waals surface area (Å²) < 4.78 is 5.51. The highest BCUT2D eigenvalue weighted by Gasteiger charge is 2.20. The second-order valence-electron chi connectivity index (χ2n) is 27.4. The minimum atomic E-state index is -0.666. The van der Waals surface area contributed by atoms with Gasteiger partial charge in [0.1, 0.15) is 0 Å². The molecule has 6 heteroatoms. The van der Waals surface area contributed by atoms with Crippen LogP contribution < -0.4 is 5.32 Å². The number of allylic oxidation sites excluding steroid dienone is 2. The van der Waals surface area contributed by atoms with Crippen molar-refractivity contribution in [1.82, 2.24) is 5.32 Å². The first-order valence-electron chi connectivity index (χ1n) is 39.4. The molecule has 0 aliphatic rings. The second kappa shape index (κ2) is 75.1. The monoisotopic (exact) mass is 1200 g/mol. The highest BCUT2D eigenvalue weighted by atomic mass is 16.5. The molecule has 0 aromatic carbocycles. The van der Waals surface area contributed by atoms with E-state index < -0.39 is 12.1 Å². The van der Waals surface area contributed by atoms with Gasteiger partial charge in [0, 0.05) is 12.8 Å². The molecule has 6 nitrogen and oxygen atoms in total. The van der Waals surface area contributed by atoms with Gasteiger partial charge >= 0.3 is 5.97 Å². The van der Waals surface area contributed by atoms with Crippen molar-refractivity contribution in [3.05, 3.63) is 12.2 Å². The Bertz CT molecular complexity index is 1290. The Balaban J connectivity index is 3.37. The van der Waals surface area contributed by atoms with E-state index in [1.807, 2.05) is 0 Å². The molecule has 0 saturated heterocycles. The van der Waals surface area contributed by atoms with Crippen molar-refractivity contribution in [1.29, 1.82) is 0 Å². The maximum atomic E-state index is 12.6. The van der Waals surface area contributed by atoms with Crippen LogP contribution in [0.5, 0.6) is 0 Å². The fourth-order valence-electron chi connectivity index (χ4n) is 12.8. The number of hydrogen-bond donors (Lipinski definition) is 3. The Morgan fingerprint density at radius 3 is 0.835 bits per heavy atom. The predicted octanol–water partition coefficient (Wildman–Crippen LogP) is 25.9. The van der Waals surface area contributed by atoms with Gasteiger partial charge in [0.2, 0.25) is 5.91 Å². The van der Waals surface area contributed by atoms with Crippen LogP contribution in [0.1, 0.15) is 457 Å². The summed E-state index contributed by atoms with van der Waals surface area (Å²) >= 11 is 0. The minimum Gasteiger partial charge on any atom is -0.466 e. The molecule has 0 saturated carbocycles. The molecule has 0 fully saturated rings. The molecule has 506 valence electrons. The lowest BCUT2D eigenvalue weighted by Gasteiger charge is -2.22. The smallest absolute Gasteiger partial charge is 0.305 e. The van der Waals surface area contributed by atoms with Crippen molar-refractivity contribution >= 4 is 11.9 Å². The molecule has 0 aromatic rings. The molecule has 0 heterocycles. The van der Waals surface area contributed by atoms with E-state index in [1.54, 1.807) is 0 Å². The van der Waals surface area contributed by atoms with Gasteiger partial charge in [-0.3, -0.25) is 9.59 Å². The molecule has 0 aliphatic carbocycles. The van der Waals surface area contributed by atoms with Crippen molar-refractivity contribution in [2.75, 3.05) is 13.2 Å². The summed E-state index contributed by atoms with van der Waals surface area (Å²) in [4.78, 5) is 24.7. The van der Waals surface area contributed by atoms with Crippen molar-refractivity contribution < 1.29 is 24.5 Å². The Kier molecular flexibility index (Phi) is 73.8. The van der Waals surface area contributed by atoms with Gasteiger partial charge in [-0.05, 0) is 51.4 Å². The van der Waals surface area contributed by atoms with Crippen LogP contribution in [0.4, 0.5) is 0 Å². The summed E-state index contributed by atoms with van der Waals surface area (Å²) in [5.74, 6) is -0.00920. The maximum absolute atomic E-state index is 12.6. The minimum absolute atomic E-state index is 0.0206. The first kappa shape index (κ1) is 83.6. The third-order valence-corrected chi connectivity index (χ3v) is 18.8. The number of carbonyl (C=O) groups excluding carboxylic acids is 2. The van der Waals surface area contributed by atoms with Crippen LogP contribution in [0.25, 0.3) is 0 Å². The number of carbonyl (C=O) groups is 2. The van der Waals surface area contributed by atoms with Crippen LogP contribution in [0.15, 0.2) is 12.2 Å². The summed E-state index contributed by atoms with van der Waals surface area (Å²) in [6.45, 7) is 5.01. The molecule has 0 bridgehead atoms. The zero-order chi connectivity index (χ0) is 61.3. The fraction of sp³-hybridized carbons (Fsp3) is 0.949. The molecular weight excluding hydrogens is 1040 g/mol. The Morgan fingerprint density at radius 1 is 0.318 bits per heavy atom. The van der Waals surface area contributed by atoms with Crippen molar-refractivity contribution in [3.63, 3.8) is 0 Å². The van der Waals surface area contributed by atoms with Crippen molar-refractivity contribution in [2.45, 2.75) is 469 Å². The molecular formula is C79H155NO5.